The Labute approximate surface area is 71.8 Å². The third kappa shape index (κ3) is 1.64. The molecule has 1 rings (SSSR count). The molecule has 0 heterocycles. The molecule has 1 radical (unpaired) electrons. The van der Waals surface area contributed by atoms with Crippen LogP contribution in [0.1, 0.15) is 35.7 Å². The maximum absolute atomic E-state index is 10.7. The van der Waals surface area contributed by atoms with Crippen LogP contribution in [0.3, 0.4) is 0 Å². The van der Waals surface area contributed by atoms with Gasteiger partial charge >= 0.3 is 5.97 Å². The second kappa shape index (κ2) is 3.39. The number of carbonyl (C=O) groups is 1. The fraction of sp³-hybridized carbons (Fsp3) is 0.300. The molecule has 0 atom stereocenters. The largest absolute Gasteiger partial charge is 0.478 e. The third-order valence-electron chi connectivity index (χ3n) is 1.75. The van der Waals surface area contributed by atoms with E-state index in [0.717, 1.165) is 5.56 Å². The van der Waals surface area contributed by atoms with Crippen LogP contribution in [0.25, 0.3) is 0 Å². The van der Waals surface area contributed by atoms with Crippen LogP contribution in [0.2, 0.25) is 0 Å². The minimum atomic E-state index is -0.868. The molecule has 0 aliphatic carbocycles. The first kappa shape index (κ1) is 8.78. The summed E-state index contributed by atoms with van der Waals surface area (Å²) in [7, 11) is 0. The van der Waals surface area contributed by atoms with Gasteiger partial charge in [0.2, 0.25) is 0 Å². The minimum absolute atomic E-state index is 0.230. The van der Waals surface area contributed by atoms with Crippen molar-refractivity contribution >= 4 is 5.97 Å². The normalized spacial score (nSPS) is 10.2. The molecule has 0 spiro atoms. The second-order valence-corrected chi connectivity index (χ2v) is 2.97. The first-order valence-electron chi connectivity index (χ1n) is 3.86. The van der Waals surface area contributed by atoms with Gasteiger partial charge in [0.05, 0.1) is 5.56 Å². The first-order chi connectivity index (χ1) is 5.63. The van der Waals surface area contributed by atoms with Crippen LogP contribution in [0, 0.1) is 6.07 Å². The van der Waals surface area contributed by atoms with Crippen molar-refractivity contribution in [3.05, 3.63) is 35.4 Å². The van der Waals surface area contributed by atoms with Crippen molar-refractivity contribution in [3.63, 3.8) is 0 Å². The fourth-order valence-corrected chi connectivity index (χ4v) is 1.12. The molecule has 0 unspecified atom stereocenters. The Bertz CT molecular complexity index is 290. The van der Waals surface area contributed by atoms with Gasteiger partial charge in [-0.05, 0) is 23.6 Å². The third-order valence-corrected chi connectivity index (χ3v) is 1.75. The van der Waals surface area contributed by atoms with E-state index in [9.17, 15) is 4.79 Å². The van der Waals surface area contributed by atoms with Crippen LogP contribution < -0.4 is 0 Å². The van der Waals surface area contributed by atoms with E-state index < -0.39 is 5.97 Å². The van der Waals surface area contributed by atoms with Crippen molar-refractivity contribution in [2.24, 2.45) is 0 Å². The van der Waals surface area contributed by atoms with Gasteiger partial charge in [0, 0.05) is 0 Å². The predicted octanol–water partition coefficient (Wildman–Crippen LogP) is 2.31. The molecule has 2 nitrogen and oxygen atoms in total. The van der Waals surface area contributed by atoms with Gasteiger partial charge in [-0.25, -0.2) is 4.79 Å². The number of carboxylic acid groups (broad SMARTS) is 1. The summed E-state index contributed by atoms with van der Waals surface area (Å²) in [4.78, 5) is 10.7. The molecule has 0 saturated carbocycles. The minimum Gasteiger partial charge on any atom is -0.478 e. The second-order valence-electron chi connectivity index (χ2n) is 2.97. The summed E-state index contributed by atoms with van der Waals surface area (Å²) in [5.41, 5.74) is 1.22. The fourth-order valence-electron chi connectivity index (χ4n) is 1.12. The van der Waals surface area contributed by atoms with Crippen LogP contribution in [0.15, 0.2) is 18.2 Å². The van der Waals surface area contributed by atoms with Crippen molar-refractivity contribution in [2.45, 2.75) is 19.8 Å². The van der Waals surface area contributed by atoms with Crippen molar-refractivity contribution in [1.29, 1.82) is 0 Å². The number of aromatic carboxylic acids is 1. The summed E-state index contributed by atoms with van der Waals surface area (Å²) in [6.07, 6.45) is 0. The van der Waals surface area contributed by atoms with Gasteiger partial charge in [-0.15, -0.1) is 0 Å². The van der Waals surface area contributed by atoms with E-state index >= 15 is 0 Å². The van der Waals surface area contributed by atoms with Crippen LogP contribution >= 0.6 is 0 Å². The van der Waals surface area contributed by atoms with Crippen LogP contribution in [-0.4, -0.2) is 11.1 Å². The average molecular weight is 163 g/mol. The van der Waals surface area contributed by atoms with Crippen molar-refractivity contribution < 1.29 is 9.90 Å². The summed E-state index contributed by atoms with van der Waals surface area (Å²) in [6, 6.07) is 7.81. The summed E-state index contributed by atoms with van der Waals surface area (Å²) < 4.78 is 0. The number of carboxylic acids is 1. The molecule has 1 aromatic rings. The zero-order chi connectivity index (χ0) is 9.14. The average Bonchev–Trinajstić information content (AvgIpc) is 2.04. The molecular formula is C10H11O2. The molecule has 63 valence electrons. The van der Waals surface area contributed by atoms with Gasteiger partial charge < -0.3 is 5.11 Å². The van der Waals surface area contributed by atoms with Gasteiger partial charge in [-0.2, -0.15) is 0 Å². The Morgan fingerprint density at radius 3 is 2.67 bits per heavy atom. The van der Waals surface area contributed by atoms with Crippen molar-refractivity contribution in [3.8, 4) is 0 Å². The van der Waals surface area contributed by atoms with E-state index in [1.54, 1.807) is 18.2 Å². The summed E-state index contributed by atoms with van der Waals surface area (Å²) in [5, 5.41) is 8.80. The molecule has 0 aliphatic rings. The van der Waals surface area contributed by atoms with E-state index in [0.29, 0.717) is 5.56 Å². The quantitative estimate of drug-likeness (QED) is 0.726. The predicted molar refractivity (Wildman–Crippen MR) is 46.3 cm³/mol. The summed E-state index contributed by atoms with van der Waals surface area (Å²) >= 11 is 0. The van der Waals surface area contributed by atoms with Gasteiger partial charge in [0.1, 0.15) is 0 Å². The van der Waals surface area contributed by atoms with Crippen molar-refractivity contribution in [1.82, 2.24) is 0 Å². The Hall–Kier alpha value is -1.31. The highest BCUT2D eigenvalue weighted by molar-refractivity contribution is 5.89. The van der Waals surface area contributed by atoms with Crippen LogP contribution in [0.4, 0.5) is 0 Å². The van der Waals surface area contributed by atoms with E-state index in [2.05, 4.69) is 6.07 Å². The number of rotatable bonds is 2. The monoisotopic (exact) mass is 163 g/mol. The van der Waals surface area contributed by atoms with Gasteiger partial charge in [-0.1, -0.05) is 26.0 Å². The zero-order valence-corrected chi connectivity index (χ0v) is 7.16. The summed E-state index contributed by atoms with van der Waals surface area (Å²) in [5.74, 6) is -0.638. The molecule has 1 aromatic carbocycles. The van der Waals surface area contributed by atoms with E-state index in [-0.39, 0.29) is 5.92 Å². The van der Waals surface area contributed by atoms with E-state index in [4.69, 9.17) is 5.11 Å². The first-order valence-corrected chi connectivity index (χ1v) is 3.86. The smallest absolute Gasteiger partial charge is 0.335 e. The maximum atomic E-state index is 10.7. The van der Waals surface area contributed by atoms with Gasteiger partial charge in [0.15, 0.2) is 0 Å². The van der Waals surface area contributed by atoms with Crippen LogP contribution in [0.5, 0.6) is 0 Å². The molecule has 0 fully saturated rings. The Morgan fingerprint density at radius 2 is 2.25 bits per heavy atom. The Morgan fingerprint density at radius 1 is 1.58 bits per heavy atom. The van der Waals surface area contributed by atoms with Gasteiger partial charge in [-0.3, -0.25) is 0 Å². The molecule has 0 saturated heterocycles. The highest BCUT2D eigenvalue weighted by Crippen LogP contribution is 2.18. The topological polar surface area (TPSA) is 37.3 Å². The standard InChI is InChI=1S/C10H11O2/c1-7(2)8-5-3-4-6-9(8)10(11)12/h4-7H,1-2H3,(H,11,12). The van der Waals surface area contributed by atoms with E-state index in [1.807, 2.05) is 13.8 Å². The lowest BCUT2D eigenvalue weighted by atomic mass is 9.97. The maximum Gasteiger partial charge on any atom is 0.335 e. The number of benzene rings is 1. The Kier molecular flexibility index (Phi) is 2.48. The number of hydrogen-bond donors (Lipinski definition) is 1. The molecular weight excluding hydrogens is 152 g/mol. The highest BCUT2D eigenvalue weighted by atomic mass is 16.4. The number of hydrogen-bond acceptors (Lipinski definition) is 1. The summed E-state index contributed by atoms with van der Waals surface area (Å²) in [6.45, 7) is 3.94. The SMILES string of the molecule is CC(C)c1c[c]ccc1C(=O)O. The molecule has 2 heteroatoms. The molecule has 1 N–H and O–H groups in total. The molecule has 0 bridgehead atoms. The molecule has 0 amide bonds. The molecule has 0 aromatic heterocycles. The van der Waals surface area contributed by atoms with E-state index in [1.165, 1.54) is 0 Å². The zero-order valence-electron chi connectivity index (χ0n) is 7.16. The lowest BCUT2D eigenvalue weighted by molar-refractivity contribution is 0.0695. The van der Waals surface area contributed by atoms with Gasteiger partial charge in [0.25, 0.3) is 0 Å². The highest BCUT2D eigenvalue weighted by Gasteiger charge is 2.10. The lowest BCUT2D eigenvalue weighted by Crippen LogP contribution is -2.03. The van der Waals surface area contributed by atoms with Crippen molar-refractivity contribution in [2.75, 3.05) is 0 Å². The lowest BCUT2D eigenvalue weighted by Gasteiger charge is -2.07. The Balaban J connectivity index is 3.17. The van der Waals surface area contributed by atoms with Crippen LogP contribution in [-0.2, 0) is 0 Å². The molecule has 12 heavy (non-hydrogen) atoms. The molecule has 0 aliphatic heterocycles.